The van der Waals surface area contributed by atoms with E-state index in [1.807, 2.05) is 18.2 Å². The number of benzene rings is 1. The minimum Gasteiger partial charge on any atom is -0.414 e. The summed E-state index contributed by atoms with van der Waals surface area (Å²) >= 11 is 2.49. The van der Waals surface area contributed by atoms with Gasteiger partial charge in [-0.2, -0.15) is 0 Å². The molecule has 1 aliphatic rings. The molecule has 1 saturated heterocycles. The highest BCUT2D eigenvalue weighted by atomic mass is 127. The molecule has 242 valence electrons. The number of hydrogen-bond donors (Lipinski definition) is 0. The molecule has 9 heteroatoms. The van der Waals surface area contributed by atoms with Gasteiger partial charge in [-0.1, -0.05) is 127 Å². The third kappa shape index (κ3) is 10.1. The highest BCUT2D eigenvalue weighted by molar-refractivity contribution is 14.1. The van der Waals surface area contributed by atoms with Crippen molar-refractivity contribution < 1.29 is 22.8 Å². The predicted molar refractivity (Wildman–Crippen MR) is 195 cm³/mol. The third-order valence-electron chi connectivity index (χ3n) is 9.93. The molecule has 1 heterocycles. The van der Waals surface area contributed by atoms with Gasteiger partial charge in [0.25, 0.3) is 0 Å². The van der Waals surface area contributed by atoms with Crippen molar-refractivity contribution in [1.82, 2.24) is 0 Å². The Labute approximate surface area is 275 Å². The number of alkyl halides is 1. The minimum atomic E-state index is -2.17. The minimum absolute atomic E-state index is 0.0410. The van der Waals surface area contributed by atoms with Crippen molar-refractivity contribution in [2.75, 3.05) is 13.2 Å². The molecular weight excluding hydrogens is 688 g/mol. The lowest BCUT2D eigenvalue weighted by molar-refractivity contribution is -0.239. The molecule has 0 aromatic heterocycles. The van der Waals surface area contributed by atoms with E-state index in [0.29, 0.717) is 13.2 Å². The van der Waals surface area contributed by atoms with Crippen LogP contribution < -0.4 is 0 Å². The van der Waals surface area contributed by atoms with Crippen LogP contribution >= 0.6 is 22.6 Å². The molecule has 0 saturated carbocycles. The molecule has 0 radical (unpaired) electrons. The van der Waals surface area contributed by atoms with Gasteiger partial charge in [-0.25, -0.2) is 0 Å². The molecule has 1 fully saturated rings. The van der Waals surface area contributed by atoms with E-state index < -0.39 is 31.2 Å². The maximum absolute atomic E-state index is 7.27. The van der Waals surface area contributed by atoms with E-state index in [0.717, 1.165) is 5.56 Å². The lowest BCUT2D eigenvalue weighted by atomic mass is 10.0. The highest BCUT2D eigenvalue weighted by Gasteiger charge is 2.54. The van der Waals surface area contributed by atoms with Crippen molar-refractivity contribution >= 4 is 53.6 Å². The molecule has 0 spiro atoms. The summed E-state index contributed by atoms with van der Waals surface area (Å²) in [5.74, 6) is 0. The number of ether oxygens (including phenoxy) is 2. The van der Waals surface area contributed by atoms with Gasteiger partial charge < -0.3 is 22.8 Å². The summed E-state index contributed by atoms with van der Waals surface area (Å²) in [5.41, 5.74) is 1.15. The highest BCUT2D eigenvalue weighted by Crippen LogP contribution is 2.45. The van der Waals surface area contributed by atoms with Gasteiger partial charge in [0.2, 0.25) is 0 Å². The van der Waals surface area contributed by atoms with Crippen molar-refractivity contribution in [3.8, 4) is 0 Å². The average molecular weight is 749 g/mol. The Morgan fingerprint density at radius 2 is 1.21 bits per heavy atom. The Hall–Kier alpha value is 0.141. The quantitative estimate of drug-likeness (QED) is 0.128. The zero-order valence-electron chi connectivity index (χ0n) is 29.3. The van der Waals surface area contributed by atoms with Gasteiger partial charge in [0, 0.05) is 0 Å². The van der Waals surface area contributed by atoms with Crippen molar-refractivity contribution in [3.63, 3.8) is 0 Å². The Morgan fingerprint density at radius 3 is 1.69 bits per heavy atom. The second kappa shape index (κ2) is 14.3. The fraction of sp³-hybridized carbons (Fsp3) is 0.758. The molecule has 0 aliphatic carbocycles. The maximum atomic E-state index is 7.27. The standard InChI is InChI=1S/C33H61IO5Si3/c1-31(2,3)40(10,11)36-24-26-28(38-41(12,13)32(4,5)6)29(39-42(14,15)33(7,8)9)27(34)30(37-26)35-23-19-22-25-20-17-16-18-21-25/h16-22,26-30H,23-24H2,1-15H3/b22-19+/t26-,27-,28-,29-,30-/m1/s1. The normalized spacial score (nSPS) is 25.3. The molecule has 5 nitrogen and oxygen atoms in total. The molecule has 0 unspecified atom stereocenters. The molecule has 1 aromatic rings. The second-order valence-electron chi connectivity index (χ2n) is 16.4. The molecule has 5 atom stereocenters. The van der Waals surface area contributed by atoms with Crippen molar-refractivity contribution in [3.05, 3.63) is 42.0 Å². The van der Waals surface area contributed by atoms with Crippen LogP contribution in [-0.2, 0) is 22.8 Å². The summed E-state index contributed by atoms with van der Waals surface area (Å²) in [6.45, 7) is 35.4. The Balaban J connectivity index is 2.48. The first-order valence-electron chi connectivity index (χ1n) is 15.5. The second-order valence-corrected chi connectivity index (χ2v) is 32.2. The van der Waals surface area contributed by atoms with E-state index in [1.54, 1.807) is 0 Å². The summed E-state index contributed by atoms with van der Waals surface area (Å²) in [6, 6.07) is 10.3. The van der Waals surface area contributed by atoms with Crippen LogP contribution in [0.4, 0.5) is 0 Å². The van der Waals surface area contributed by atoms with Gasteiger partial charge in [-0.15, -0.1) is 0 Å². The molecule has 1 aliphatic heterocycles. The van der Waals surface area contributed by atoms with Gasteiger partial charge in [-0.05, 0) is 60.0 Å². The molecule has 42 heavy (non-hydrogen) atoms. The first-order chi connectivity index (χ1) is 18.9. The van der Waals surface area contributed by atoms with Crippen LogP contribution in [0, 0.1) is 0 Å². The van der Waals surface area contributed by atoms with Gasteiger partial charge in [0.1, 0.15) is 6.10 Å². The van der Waals surface area contributed by atoms with Crippen LogP contribution in [0.15, 0.2) is 36.4 Å². The fourth-order valence-electron chi connectivity index (χ4n) is 3.85. The Morgan fingerprint density at radius 1 is 0.738 bits per heavy atom. The Kier molecular flexibility index (Phi) is 13.0. The molecule has 2 rings (SSSR count). The summed E-state index contributed by atoms with van der Waals surface area (Å²) in [6.07, 6.45) is 3.00. The summed E-state index contributed by atoms with van der Waals surface area (Å²) in [7, 11) is -6.36. The van der Waals surface area contributed by atoms with E-state index in [4.69, 9.17) is 22.8 Å². The van der Waals surface area contributed by atoms with Gasteiger partial charge in [0.15, 0.2) is 31.2 Å². The summed E-state index contributed by atoms with van der Waals surface area (Å²) < 4.78 is 34.6. The van der Waals surface area contributed by atoms with E-state index in [2.05, 4.69) is 148 Å². The van der Waals surface area contributed by atoms with E-state index in [9.17, 15) is 0 Å². The first kappa shape index (κ1) is 38.3. The van der Waals surface area contributed by atoms with Crippen LogP contribution in [0.1, 0.15) is 67.9 Å². The molecule has 0 N–H and O–H groups in total. The molecule has 1 aromatic carbocycles. The zero-order valence-corrected chi connectivity index (χ0v) is 34.4. The number of halogens is 1. The zero-order chi connectivity index (χ0) is 32.4. The summed E-state index contributed by atoms with van der Waals surface area (Å²) in [5, 5.41) is 0.208. The van der Waals surface area contributed by atoms with Crippen LogP contribution in [-0.4, -0.2) is 66.7 Å². The molecule has 0 bridgehead atoms. The first-order valence-corrected chi connectivity index (χ1v) is 25.5. The van der Waals surface area contributed by atoms with Crippen molar-refractivity contribution in [1.29, 1.82) is 0 Å². The maximum Gasteiger partial charge on any atom is 0.192 e. The monoisotopic (exact) mass is 748 g/mol. The smallest absolute Gasteiger partial charge is 0.192 e. The van der Waals surface area contributed by atoms with Crippen LogP contribution in [0.25, 0.3) is 6.08 Å². The Bertz CT molecular complexity index is 1010. The number of rotatable bonds is 11. The SMILES string of the molecule is CC(C)(C)[Si](C)(C)OC[C@H]1O[C@@H](OC/C=C/c2ccccc2)[C@H](I)[C@@H](O[Si](C)(C)C(C)(C)C)[C@@H]1O[Si](C)(C)C(C)(C)C. The van der Waals surface area contributed by atoms with Crippen LogP contribution in [0.2, 0.25) is 54.4 Å². The lowest BCUT2D eigenvalue weighted by Gasteiger charge is -2.52. The molecular formula is C33H61IO5Si3. The van der Waals surface area contributed by atoms with Crippen LogP contribution in [0.5, 0.6) is 0 Å². The number of hydrogen-bond acceptors (Lipinski definition) is 5. The topological polar surface area (TPSA) is 46.2 Å². The fourth-order valence-corrected chi connectivity index (χ4v) is 8.71. The lowest BCUT2D eigenvalue weighted by Crippen LogP contribution is -2.65. The van der Waals surface area contributed by atoms with Crippen molar-refractivity contribution in [2.45, 2.75) is 145 Å². The van der Waals surface area contributed by atoms with Gasteiger partial charge in [-0.3, -0.25) is 0 Å². The molecule has 0 amide bonds. The third-order valence-corrected chi connectivity index (χ3v) is 24.7. The van der Waals surface area contributed by atoms with Gasteiger partial charge >= 0.3 is 0 Å². The average Bonchev–Trinajstić information content (AvgIpc) is 2.82. The predicted octanol–water partition coefficient (Wildman–Crippen LogP) is 10.0. The van der Waals surface area contributed by atoms with Gasteiger partial charge in [0.05, 0.1) is 29.3 Å². The van der Waals surface area contributed by atoms with Crippen LogP contribution in [0.3, 0.4) is 0 Å². The van der Waals surface area contributed by atoms with E-state index in [1.165, 1.54) is 0 Å². The largest absolute Gasteiger partial charge is 0.414 e. The van der Waals surface area contributed by atoms with Crippen molar-refractivity contribution in [2.24, 2.45) is 0 Å². The summed E-state index contributed by atoms with van der Waals surface area (Å²) in [4.78, 5) is 0. The van der Waals surface area contributed by atoms with E-state index in [-0.39, 0.29) is 37.4 Å². The van der Waals surface area contributed by atoms with E-state index >= 15 is 0 Å².